The molecule has 2 atom stereocenters. The van der Waals surface area contributed by atoms with Gasteiger partial charge in [-0.25, -0.2) is 4.39 Å². The third-order valence-electron chi connectivity index (χ3n) is 5.79. The lowest BCUT2D eigenvalue weighted by atomic mass is 9.87. The summed E-state index contributed by atoms with van der Waals surface area (Å²) in [5.74, 6) is 0.214. The smallest absolute Gasteiger partial charge is 0.306 e. The van der Waals surface area contributed by atoms with Crippen LogP contribution in [0.1, 0.15) is 78.0 Å². The van der Waals surface area contributed by atoms with Gasteiger partial charge in [-0.15, -0.1) is 0 Å². The van der Waals surface area contributed by atoms with Gasteiger partial charge in [0.1, 0.15) is 23.3 Å². The van der Waals surface area contributed by atoms with Crippen LogP contribution in [0, 0.1) is 11.2 Å². The summed E-state index contributed by atoms with van der Waals surface area (Å²) in [7, 11) is 0. The fourth-order valence-electron chi connectivity index (χ4n) is 4.00. The molecule has 34 heavy (non-hydrogen) atoms. The van der Waals surface area contributed by atoms with Crippen LogP contribution in [0.4, 0.5) is 10.1 Å². The van der Waals surface area contributed by atoms with Crippen molar-refractivity contribution in [3.8, 4) is 5.75 Å². The number of rotatable bonds is 9. The fourth-order valence-corrected chi connectivity index (χ4v) is 4.00. The molecule has 5 nitrogen and oxygen atoms in total. The maximum Gasteiger partial charge on any atom is 0.306 e. The SMILES string of the molecule is CCCCOC1c2cc(NCc3ccc(F)cc3)ccc2OC(C)(C)C1OC(=O)CC(C)(C)C. The van der Waals surface area contributed by atoms with Gasteiger partial charge in [0.15, 0.2) is 6.10 Å². The number of nitrogens with one attached hydrogen (secondary N) is 1. The molecule has 2 aromatic rings. The monoisotopic (exact) mass is 471 g/mol. The van der Waals surface area contributed by atoms with E-state index in [0.717, 1.165) is 35.4 Å². The maximum absolute atomic E-state index is 13.2. The third kappa shape index (κ3) is 6.95. The van der Waals surface area contributed by atoms with Gasteiger partial charge >= 0.3 is 5.97 Å². The van der Waals surface area contributed by atoms with Gasteiger partial charge < -0.3 is 19.5 Å². The Morgan fingerprint density at radius 3 is 2.50 bits per heavy atom. The van der Waals surface area contributed by atoms with Crippen LogP contribution in [0.3, 0.4) is 0 Å². The average Bonchev–Trinajstić information content (AvgIpc) is 2.74. The van der Waals surface area contributed by atoms with E-state index in [4.69, 9.17) is 14.2 Å². The molecule has 0 radical (unpaired) electrons. The van der Waals surface area contributed by atoms with Crippen molar-refractivity contribution in [3.05, 3.63) is 59.4 Å². The fraction of sp³-hybridized carbons (Fsp3) is 0.536. The molecule has 0 bridgehead atoms. The van der Waals surface area contributed by atoms with Crippen LogP contribution in [0.15, 0.2) is 42.5 Å². The summed E-state index contributed by atoms with van der Waals surface area (Å²) in [5, 5.41) is 3.38. The molecule has 1 heterocycles. The number of esters is 1. The summed E-state index contributed by atoms with van der Waals surface area (Å²) in [5.41, 5.74) is 1.79. The summed E-state index contributed by atoms with van der Waals surface area (Å²) >= 11 is 0. The normalized spacial score (nSPS) is 19.1. The first-order chi connectivity index (χ1) is 16.0. The number of hydrogen-bond acceptors (Lipinski definition) is 5. The first-order valence-corrected chi connectivity index (χ1v) is 12.1. The molecule has 0 amide bonds. The molecule has 6 heteroatoms. The number of anilines is 1. The average molecular weight is 472 g/mol. The molecule has 2 aromatic carbocycles. The van der Waals surface area contributed by atoms with E-state index in [0.29, 0.717) is 19.6 Å². The molecule has 2 unspecified atom stereocenters. The van der Waals surface area contributed by atoms with Crippen molar-refractivity contribution in [2.24, 2.45) is 5.41 Å². The number of carbonyl (C=O) groups is 1. The van der Waals surface area contributed by atoms with Gasteiger partial charge in [0.25, 0.3) is 0 Å². The van der Waals surface area contributed by atoms with Crippen LogP contribution in [-0.2, 0) is 20.8 Å². The van der Waals surface area contributed by atoms with E-state index in [9.17, 15) is 9.18 Å². The van der Waals surface area contributed by atoms with E-state index in [1.165, 1.54) is 12.1 Å². The van der Waals surface area contributed by atoms with E-state index in [1.807, 2.05) is 52.8 Å². The molecule has 0 aromatic heterocycles. The number of carbonyl (C=O) groups excluding carboxylic acids is 1. The summed E-state index contributed by atoms with van der Waals surface area (Å²) in [6, 6.07) is 12.3. The van der Waals surface area contributed by atoms with E-state index in [-0.39, 0.29) is 17.2 Å². The highest BCUT2D eigenvalue weighted by molar-refractivity contribution is 5.70. The molecule has 1 aliphatic rings. The van der Waals surface area contributed by atoms with Crippen LogP contribution in [-0.4, -0.2) is 24.3 Å². The Bertz CT molecular complexity index is 965. The Morgan fingerprint density at radius 2 is 1.85 bits per heavy atom. The zero-order chi connectivity index (χ0) is 24.9. The number of fused-ring (bicyclic) bond motifs is 1. The summed E-state index contributed by atoms with van der Waals surface area (Å²) < 4.78 is 31.9. The molecule has 1 aliphatic heterocycles. The number of benzene rings is 2. The molecule has 1 N–H and O–H groups in total. The molecule has 3 rings (SSSR count). The zero-order valence-corrected chi connectivity index (χ0v) is 21.2. The lowest BCUT2D eigenvalue weighted by molar-refractivity contribution is -0.186. The first-order valence-electron chi connectivity index (χ1n) is 12.1. The second-order valence-corrected chi connectivity index (χ2v) is 10.7. The predicted octanol–water partition coefficient (Wildman–Crippen LogP) is 6.81. The van der Waals surface area contributed by atoms with Gasteiger partial charge in [-0.2, -0.15) is 0 Å². The van der Waals surface area contributed by atoms with Crippen LogP contribution in [0.2, 0.25) is 0 Å². The number of unbranched alkanes of at least 4 members (excludes halogenated alkanes) is 1. The topological polar surface area (TPSA) is 56.8 Å². The second kappa shape index (κ2) is 10.8. The standard InChI is InChI=1S/C28H38FNO4/c1-7-8-15-32-25-22-16-21(30-18-19-9-11-20(29)12-10-19)13-14-23(22)34-28(5,6)26(25)33-24(31)17-27(2,3)4/h9-14,16,25-26,30H,7-8,15,17-18H2,1-6H3. The minimum atomic E-state index is -0.750. The second-order valence-electron chi connectivity index (χ2n) is 10.7. The summed E-state index contributed by atoms with van der Waals surface area (Å²) in [4.78, 5) is 12.8. The highest BCUT2D eigenvalue weighted by atomic mass is 19.1. The van der Waals surface area contributed by atoms with Crippen LogP contribution >= 0.6 is 0 Å². The largest absolute Gasteiger partial charge is 0.483 e. The van der Waals surface area contributed by atoms with Crippen molar-refractivity contribution in [2.45, 2.75) is 85.2 Å². The number of halogens is 1. The number of hydrogen-bond donors (Lipinski definition) is 1. The summed E-state index contributed by atoms with van der Waals surface area (Å²) in [6.07, 6.45) is 1.21. The molecular formula is C28H38FNO4. The van der Waals surface area contributed by atoms with E-state index >= 15 is 0 Å². The molecule has 0 saturated heterocycles. The molecule has 0 spiro atoms. The molecule has 0 fully saturated rings. The third-order valence-corrected chi connectivity index (χ3v) is 5.79. The molecule has 186 valence electrons. The Labute approximate surface area is 203 Å². The molecule has 0 saturated carbocycles. The van der Waals surface area contributed by atoms with E-state index < -0.39 is 17.8 Å². The molecule has 0 aliphatic carbocycles. The predicted molar refractivity (Wildman–Crippen MR) is 132 cm³/mol. The van der Waals surface area contributed by atoms with Crippen LogP contribution in [0.5, 0.6) is 5.75 Å². The van der Waals surface area contributed by atoms with Gasteiger partial charge in [-0.05, 0) is 61.6 Å². The minimum Gasteiger partial charge on any atom is -0.483 e. The van der Waals surface area contributed by atoms with Gasteiger partial charge in [0.05, 0.1) is 6.42 Å². The first kappa shape index (κ1) is 26.0. The van der Waals surface area contributed by atoms with Crippen molar-refractivity contribution >= 4 is 11.7 Å². The van der Waals surface area contributed by atoms with Crippen molar-refractivity contribution in [2.75, 3.05) is 11.9 Å². The lowest BCUT2D eigenvalue weighted by Gasteiger charge is -2.44. The zero-order valence-electron chi connectivity index (χ0n) is 21.2. The molecular weight excluding hydrogens is 433 g/mol. The van der Waals surface area contributed by atoms with Crippen LogP contribution < -0.4 is 10.1 Å². The van der Waals surface area contributed by atoms with Crippen LogP contribution in [0.25, 0.3) is 0 Å². The summed E-state index contributed by atoms with van der Waals surface area (Å²) in [6.45, 7) is 13.1. The quantitative estimate of drug-likeness (QED) is 0.321. The van der Waals surface area contributed by atoms with Gasteiger partial charge in [0.2, 0.25) is 0 Å². The minimum absolute atomic E-state index is 0.176. The van der Waals surface area contributed by atoms with Gasteiger partial charge in [-0.1, -0.05) is 46.2 Å². The Morgan fingerprint density at radius 1 is 1.15 bits per heavy atom. The Kier molecular flexibility index (Phi) is 8.24. The van der Waals surface area contributed by atoms with E-state index in [1.54, 1.807) is 12.1 Å². The van der Waals surface area contributed by atoms with Crippen molar-refractivity contribution in [1.29, 1.82) is 0 Å². The number of ether oxygens (including phenoxy) is 3. The highest BCUT2D eigenvalue weighted by Gasteiger charge is 2.47. The van der Waals surface area contributed by atoms with Crippen molar-refractivity contribution in [1.82, 2.24) is 0 Å². The van der Waals surface area contributed by atoms with Gasteiger partial charge in [0, 0.05) is 24.4 Å². The van der Waals surface area contributed by atoms with Gasteiger partial charge in [-0.3, -0.25) is 4.79 Å². The van der Waals surface area contributed by atoms with E-state index in [2.05, 4.69) is 12.2 Å². The Hall–Kier alpha value is -2.60. The van der Waals surface area contributed by atoms with Crippen molar-refractivity contribution < 1.29 is 23.4 Å². The Balaban J connectivity index is 1.86. The lowest BCUT2D eigenvalue weighted by Crippen LogP contribution is -2.52. The maximum atomic E-state index is 13.2. The van der Waals surface area contributed by atoms with Crippen molar-refractivity contribution in [3.63, 3.8) is 0 Å². The highest BCUT2D eigenvalue weighted by Crippen LogP contribution is 2.44.